The van der Waals surface area contributed by atoms with Crippen molar-refractivity contribution >= 4 is 23.2 Å². The number of nitrogens with zero attached hydrogens (tertiary/aromatic N) is 2. The van der Waals surface area contributed by atoms with E-state index in [-0.39, 0.29) is 5.41 Å². The first-order valence-electron chi connectivity index (χ1n) is 6.25. The van der Waals surface area contributed by atoms with E-state index < -0.39 is 0 Å². The Morgan fingerprint density at radius 3 is 2.35 bits per heavy atom. The lowest BCUT2D eigenvalue weighted by Gasteiger charge is -2.17. The molecule has 20 heavy (non-hydrogen) atoms. The molecule has 5 heteroatoms. The molecule has 0 atom stereocenters. The van der Waals surface area contributed by atoms with E-state index in [2.05, 4.69) is 9.97 Å². The van der Waals surface area contributed by atoms with Gasteiger partial charge in [0.05, 0.1) is 0 Å². The van der Waals surface area contributed by atoms with Gasteiger partial charge in [-0.05, 0) is 30.7 Å². The summed E-state index contributed by atoms with van der Waals surface area (Å²) in [6, 6.07) is 7.04. The van der Waals surface area contributed by atoms with E-state index in [1.807, 2.05) is 33.8 Å². The smallest absolute Gasteiger partial charge is 0.224 e. The van der Waals surface area contributed by atoms with E-state index in [1.54, 1.807) is 18.2 Å². The zero-order chi connectivity index (χ0) is 14.9. The SMILES string of the molecule is Cc1cc(Oc2cc(Cl)nc(C(C)(C)C)n2)ccc1Cl. The van der Waals surface area contributed by atoms with E-state index in [1.165, 1.54) is 0 Å². The van der Waals surface area contributed by atoms with Crippen LogP contribution < -0.4 is 4.74 Å². The van der Waals surface area contributed by atoms with Gasteiger partial charge < -0.3 is 4.74 Å². The molecule has 0 fully saturated rings. The van der Waals surface area contributed by atoms with Crippen LogP contribution in [-0.4, -0.2) is 9.97 Å². The Hall–Kier alpha value is -1.32. The fourth-order valence-corrected chi connectivity index (χ4v) is 1.88. The highest BCUT2D eigenvalue weighted by molar-refractivity contribution is 6.31. The molecule has 0 spiro atoms. The van der Waals surface area contributed by atoms with Crippen LogP contribution >= 0.6 is 23.2 Å². The predicted octanol–water partition coefficient (Wildman–Crippen LogP) is 5.18. The van der Waals surface area contributed by atoms with Crippen molar-refractivity contribution in [1.82, 2.24) is 9.97 Å². The van der Waals surface area contributed by atoms with Gasteiger partial charge in [0.1, 0.15) is 16.7 Å². The van der Waals surface area contributed by atoms with Gasteiger partial charge in [0.2, 0.25) is 5.88 Å². The quantitative estimate of drug-likeness (QED) is 0.717. The number of rotatable bonds is 2. The van der Waals surface area contributed by atoms with Gasteiger partial charge in [0.15, 0.2) is 0 Å². The van der Waals surface area contributed by atoms with Gasteiger partial charge in [-0.1, -0.05) is 44.0 Å². The fraction of sp³-hybridized carbons (Fsp3) is 0.333. The second kappa shape index (κ2) is 5.58. The average Bonchev–Trinajstić information content (AvgIpc) is 2.32. The van der Waals surface area contributed by atoms with E-state index in [0.29, 0.717) is 27.6 Å². The average molecular weight is 311 g/mol. The molecular formula is C15H16Cl2N2O. The van der Waals surface area contributed by atoms with Gasteiger partial charge in [-0.3, -0.25) is 0 Å². The second-order valence-corrected chi connectivity index (χ2v) is 6.41. The van der Waals surface area contributed by atoms with Crippen LogP contribution in [0.2, 0.25) is 10.2 Å². The molecule has 2 rings (SSSR count). The van der Waals surface area contributed by atoms with Crippen LogP contribution in [0.4, 0.5) is 0 Å². The third-order valence-corrected chi connectivity index (χ3v) is 3.31. The molecular weight excluding hydrogens is 295 g/mol. The number of benzene rings is 1. The molecule has 3 nitrogen and oxygen atoms in total. The molecule has 0 aliphatic carbocycles. The summed E-state index contributed by atoms with van der Waals surface area (Å²) in [6.07, 6.45) is 0. The highest BCUT2D eigenvalue weighted by Crippen LogP contribution is 2.28. The van der Waals surface area contributed by atoms with Crippen molar-refractivity contribution in [3.8, 4) is 11.6 Å². The van der Waals surface area contributed by atoms with Crippen molar-refractivity contribution in [3.63, 3.8) is 0 Å². The molecule has 1 aromatic heterocycles. The molecule has 0 aliphatic rings. The van der Waals surface area contributed by atoms with Crippen molar-refractivity contribution in [3.05, 3.63) is 45.8 Å². The standard InChI is InChI=1S/C15H16Cl2N2O/c1-9-7-10(5-6-11(9)16)20-13-8-12(17)18-14(19-13)15(2,3)4/h5-8H,1-4H3. The van der Waals surface area contributed by atoms with Crippen molar-refractivity contribution in [2.75, 3.05) is 0 Å². The van der Waals surface area contributed by atoms with Crippen molar-refractivity contribution in [2.24, 2.45) is 0 Å². The van der Waals surface area contributed by atoms with Crippen LogP contribution in [0.15, 0.2) is 24.3 Å². The molecule has 0 N–H and O–H groups in total. The first kappa shape index (κ1) is 15.1. The monoisotopic (exact) mass is 310 g/mol. The van der Waals surface area contributed by atoms with Crippen molar-refractivity contribution in [1.29, 1.82) is 0 Å². The van der Waals surface area contributed by atoms with Crippen LogP contribution in [0.3, 0.4) is 0 Å². The molecule has 0 amide bonds. The third kappa shape index (κ3) is 3.62. The van der Waals surface area contributed by atoms with E-state index in [9.17, 15) is 0 Å². The number of hydrogen-bond donors (Lipinski definition) is 0. The minimum Gasteiger partial charge on any atom is -0.439 e. The van der Waals surface area contributed by atoms with Crippen molar-refractivity contribution in [2.45, 2.75) is 33.1 Å². The Morgan fingerprint density at radius 1 is 1.05 bits per heavy atom. The Labute approximate surface area is 128 Å². The minimum absolute atomic E-state index is 0.196. The predicted molar refractivity (Wildman–Crippen MR) is 82.0 cm³/mol. The molecule has 0 bridgehead atoms. The van der Waals surface area contributed by atoms with Crippen molar-refractivity contribution < 1.29 is 4.74 Å². The Kier molecular flexibility index (Phi) is 4.21. The molecule has 0 radical (unpaired) electrons. The van der Waals surface area contributed by atoms with Crippen LogP contribution in [0.25, 0.3) is 0 Å². The summed E-state index contributed by atoms with van der Waals surface area (Å²) in [4.78, 5) is 8.63. The molecule has 1 heterocycles. The molecule has 1 aromatic carbocycles. The second-order valence-electron chi connectivity index (χ2n) is 5.62. The van der Waals surface area contributed by atoms with E-state index in [0.717, 1.165) is 5.56 Å². The van der Waals surface area contributed by atoms with Crippen LogP contribution in [0.5, 0.6) is 11.6 Å². The highest BCUT2D eigenvalue weighted by atomic mass is 35.5. The van der Waals surface area contributed by atoms with Gasteiger partial charge in [-0.2, -0.15) is 4.98 Å². The largest absolute Gasteiger partial charge is 0.439 e. The Balaban J connectivity index is 2.33. The van der Waals surface area contributed by atoms with Gasteiger partial charge in [0.25, 0.3) is 0 Å². The van der Waals surface area contributed by atoms with Crippen LogP contribution in [0.1, 0.15) is 32.2 Å². The zero-order valence-electron chi connectivity index (χ0n) is 11.9. The molecule has 0 saturated carbocycles. The fourth-order valence-electron chi connectivity index (χ4n) is 1.59. The Morgan fingerprint density at radius 2 is 1.75 bits per heavy atom. The molecule has 0 unspecified atom stereocenters. The van der Waals surface area contributed by atoms with E-state index >= 15 is 0 Å². The maximum atomic E-state index is 6.03. The normalized spacial score (nSPS) is 11.5. The molecule has 106 valence electrons. The zero-order valence-corrected chi connectivity index (χ0v) is 13.4. The Bertz CT molecular complexity index is 636. The lowest BCUT2D eigenvalue weighted by molar-refractivity contribution is 0.445. The maximum absolute atomic E-state index is 6.03. The number of aromatic nitrogens is 2. The molecule has 0 aliphatic heterocycles. The third-order valence-electron chi connectivity index (χ3n) is 2.69. The summed E-state index contributed by atoms with van der Waals surface area (Å²) in [7, 11) is 0. The summed E-state index contributed by atoms with van der Waals surface area (Å²) in [5.74, 6) is 1.74. The highest BCUT2D eigenvalue weighted by Gasteiger charge is 2.19. The van der Waals surface area contributed by atoms with Crippen LogP contribution in [0, 0.1) is 6.92 Å². The van der Waals surface area contributed by atoms with Crippen LogP contribution in [-0.2, 0) is 5.41 Å². The van der Waals surface area contributed by atoms with Gasteiger partial charge in [0, 0.05) is 16.5 Å². The van der Waals surface area contributed by atoms with Gasteiger partial charge in [-0.25, -0.2) is 4.98 Å². The number of halogens is 2. The maximum Gasteiger partial charge on any atom is 0.224 e. The summed E-state index contributed by atoms with van der Waals surface area (Å²) < 4.78 is 5.74. The van der Waals surface area contributed by atoms with Gasteiger partial charge in [-0.15, -0.1) is 0 Å². The number of hydrogen-bond acceptors (Lipinski definition) is 3. The lowest BCUT2D eigenvalue weighted by atomic mass is 9.96. The summed E-state index contributed by atoms with van der Waals surface area (Å²) in [5, 5.41) is 1.07. The summed E-state index contributed by atoms with van der Waals surface area (Å²) in [5.41, 5.74) is 0.749. The first-order chi connectivity index (χ1) is 9.25. The number of aryl methyl sites for hydroxylation is 1. The minimum atomic E-state index is -0.196. The molecule has 0 saturated heterocycles. The van der Waals surface area contributed by atoms with Gasteiger partial charge >= 0.3 is 0 Å². The molecule has 2 aromatic rings. The topological polar surface area (TPSA) is 35.0 Å². The van der Waals surface area contributed by atoms with E-state index in [4.69, 9.17) is 27.9 Å². The summed E-state index contributed by atoms with van der Waals surface area (Å²) in [6.45, 7) is 7.99. The lowest BCUT2D eigenvalue weighted by Crippen LogP contribution is -2.16. The first-order valence-corrected chi connectivity index (χ1v) is 7.00. The number of ether oxygens (including phenoxy) is 1. The summed E-state index contributed by atoms with van der Waals surface area (Å²) >= 11 is 12.0.